The van der Waals surface area contributed by atoms with Gasteiger partial charge in [0.05, 0.1) is 0 Å². The number of nitrogens with zero attached hydrogens (tertiary/aromatic N) is 2. The lowest BCUT2D eigenvalue weighted by Gasteiger charge is -2.24. The molecule has 0 bridgehead atoms. The minimum atomic E-state index is -0.391. The van der Waals surface area contributed by atoms with Crippen LogP contribution in [0.15, 0.2) is 154 Å². The fourth-order valence-corrected chi connectivity index (χ4v) is 9.00. The van der Waals surface area contributed by atoms with E-state index < -0.39 is 6.17 Å². The SMILES string of the molecule is c1ccc(C2=NC(c3cccc4sc5ccccc5c34)=NC(c3cccc4oc5cc6c7c(cccc7c5c34)-c3ccccc3-6)N2)cc1. The van der Waals surface area contributed by atoms with Crippen LogP contribution in [0, 0.1) is 0 Å². The van der Waals surface area contributed by atoms with E-state index in [1.165, 1.54) is 53.2 Å². The molecule has 2 aromatic heterocycles. The smallest absolute Gasteiger partial charge is 0.160 e. The van der Waals surface area contributed by atoms with Gasteiger partial charge in [0.25, 0.3) is 0 Å². The van der Waals surface area contributed by atoms with Crippen LogP contribution in [0.5, 0.6) is 0 Å². The van der Waals surface area contributed by atoms with Crippen LogP contribution < -0.4 is 5.32 Å². The second kappa shape index (κ2) is 9.74. The van der Waals surface area contributed by atoms with Gasteiger partial charge in [-0.1, -0.05) is 115 Å². The Hall–Kier alpha value is -6.04. The maximum Gasteiger partial charge on any atom is 0.160 e. The fraction of sp³-hybridized carbons (Fsp3) is 0.0233. The van der Waals surface area contributed by atoms with Gasteiger partial charge >= 0.3 is 0 Å². The van der Waals surface area contributed by atoms with Crippen LogP contribution in [0.2, 0.25) is 0 Å². The lowest BCUT2D eigenvalue weighted by atomic mass is 9.95. The van der Waals surface area contributed by atoms with Crippen LogP contribution in [0.1, 0.15) is 22.9 Å². The van der Waals surface area contributed by atoms with E-state index in [0.29, 0.717) is 0 Å². The molecule has 0 saturated carbocycles. The number of benzene rings is 7. The molecule has 9 aromatic rings. The molecule has 1 atom stereocenters. The van der Waals surface area contributed by atoms with Gasteiger partial charge in [-0.15, -0.1) is 11.3 Å². The molecule has 1 N–H and O–H groups in total. The number of aliphatic imine (C=N–C) groups is 2. The molecule has 224 valence electrons. The first-order chi connectivity index (χ1) is 23.8. The maximum absolute atomic E-state index is 6.69. The van der Waals surface area contributed by atoms with E-state index in [9.17, 15) is 0 Å². The number of hydrogen-bond donors (Lipinski definition) is 1. The van der Waals surface area contributed by atoms with Gasteiger partial charge < -0.3 is 9.73 Å². The van der Waals surface area contributed by atoms with Crippen LogP contribution >= 0.6 is 11.3 Å². The first-order valence-electron chi connectivity index (χ1n) is 16.2. The Morgan fingerprint density at radius 3 is 2.15 bits per heavy atom. The van der Waals surface area contributed by atoms with E-state index in [-0.39, 0.29) is 0 Å². The molecule has 1 aliphatic heterocycles. The summed E-state index contributed by atoms with van der Waals surface area (Å²) < 4.78 is 9.18. The number of fused-ring (bicyclic) bond motifs is 10. The molecular formula is C43H25N3OS. The molecule has 5 heteroatoms. The number of furan rings is 1. The van der Waals surface area contributed by atoms with Gasteiger partial charge in [0.2, 0.25) is 0 Å². The highest BCUT2D eigenvalue weighted by Crippen LogP contribution is 2.51. The molecule has 3 heterocycles. The van der Waals surface area contributed by atoms with Gasteiger partial charge in [-0.25, -0.2) is 9.98 Å². The summed E-state index contributed by atoms with van der Waals surface area (Å²) in [5.74, 6) is 1.52. The third-order valence-corrected chi connectivity index (χ3v) is 11.0. The Morgan fingerprint density at radius 1 is 0.521 bits per heavy atom. The van der Waals surface area contributed by atoms with Crippen molar-refractivity contribution in [3.63, 3.8) is 0 Å². The molecule has 48 heavy (non-hydrogen) atoms. The number of hydrogen-bond acceptors (Lipinski definition) is 5. The quantitative estimate of drug-likeness (QED) is 0.211. The lowest BCUT2D eigenvalue weighted by molar-refractivity contribution is 0.662. The third-order valence-electron chi connectivity index (χ3n) is 9.89. The summed E-state index contributed by atoms with van der Waals surface area (Å²) in [5.41, 5.74) is 9.90. The van der Waals surface area contributed by atoms with Crippen LogP contribution in [-0.2, 0) is 0 Å². The molecule has 11 rings (SSSR count). The predicted octanol–water partition coefficient (Wildman–Crippen LogP) is 11.2. The van der Waals surface area contributed by atoms with Gasteiger partial charge in [0.15, 0.2) is 5.84 Å². The van der Waals surface area contributed by atoms with E-state index in [4.69, 9.17) is 14.4 Å². The van der Waals surface area contributed by atoms with E-state index in [1.807, 2.05) is 17.4 Å². The van der Waals surface area contributed by atoms with Crippen molar-refractivity contribution in [2.75, 3.05) is 0 Å². The highest BCUT2D eigenvalue weighted by atomic mass is 32.1. The summed E-state index contributed by atoms with van der Waals surface area (Å²) in [6.45, 7) is 0. The molecule has 0 radical (unpaired) electrons. The van der Waals surface area contributed by atoms with Crippen LogP contribution in [-0.4, -0.2) is 11.7 Å². The maximum atomic E-state index is 6.69. The van der Waals surface area contributed by atoms with Gasteiger partial charge in [-0.2, -0.15) is 0 Å². The molecule has 1 aliphatic carbocycles. The predicted molar refractivity (Wildman–Crippen MR) is 200 cm³/mol. The normalized spacial score (nSPS) is 15.3. The summed E-state index contributed by atoms with van der Waals surface area (Å²) in [5, 5.41) is 10.9. The zero-order chi connectivity index (χ0) is 31.3. The minimum absolute atomic E-state index is 0.391. The Morgan fingerprint density at radius 2 is 1.23 bits per heavy atom. The van der Waals surface area contributed by atoms with Crippen LogP contribution in [0.3, 0.4) is 0 Å². The highest BCUT2D eigenvalue weighted by Gasteiger charge is 2.28. The molecule has 0 saturated heterocycles. The largest absolute Gasteiger partial charge is 0.456 e. The van der Waals surface area contributed by atoms with Crippen LogP contribution in [0.4, 0.5) is 0 Å². The molecule has 4 nitrogen and oxygen atoms in total. The Kier molecular flexibility index (Phi) is 5.29. The zero-order valence-electron chi connectivity index (χ0n) is 25.6. The van der Waals surface area contributed by atoms with Crippen molar-refractivity contribution in [1.29, 1.82) is 0 Å². The molecular weight excluding hydrogens is 607 g/mol. The lowest BCUT2D eigenvalue weighted by Crippen LogP contribution is -2.33. The van der Waals surface area contributed by atoms with Crippen molar-refractivity contribution >= 4 is 75.9 Å². The van der Waals surface area contributed by atoms with Crippen LogP contribution in [0.25, 0.3) is 75.1 Å². The van der Waals surface area contributed by atoms with Crippen molar-refractivity contribution in [3.05, 3.63) is 156 Å². The van der Waals surface area contributed by atoms with E-state index in [1.54, 1.807) is 0 Å². The van der Waals surface area contributed by atoms with Gasteiger partial charge in [-0.3, -0.25) is 0 Å². The van der Waals surface area contributed by atoms with Crippen molar-refractivity contribution < 1.29 is 4.42 Å². The molecule has 0 fully saturated rings. The number of rotatable bonds is 3. The first-order valence-corrected chi connectivity index (χ1v) is 17.0. The molecule has 0 spiro atoms. The van der Waals surface area contributed by atoms with Crippen molar-refractivity contribution in [2.24, 2.45) is 9.98 Å². The number of amidine groups is 2. The molecule has 1 unspecified atom stereocenters. The first kappa shape index (κ1) is 26.1. The summed E-state index contributed by atoms with van der Waals surface area (Å²) in [4.78, 5) is 10.6. The van der Waals surface area contributed by atoms with Gasteiger partial charge in [0.1, 0.15) is 23.2 Å². The Bertz CT molecular complexity index is 2880. The standard InChI is InChI=1S/C43H25N3OS/c1-2-11-24(12-3-1)41-44-42(30-19-10-22-36-38(30)28-15-6-7-21-35(28)48-36)46-43(45-41)31-18-9-20-33-40(31)39-29-17-8-16-27-25-13-4-5-14-26(25)32(37(27)29)23-34(39)47-33/h1-23,43H,(H,44,45,46). The Labute approximate surface area is 279 Å². The average Bonchev–Trinajstić information content (AvgIpc) is 3.82. The summed E-state index contributed by atoms with van der Waals surface area (Å²) in [7, 11) is 0. The minimum Gasteiger partial charge on any atom is -0.456 e. The van der Waals surface area contributed by atoms with E-state index in [0.717, 1.165) is 50.3 Å². The molecule has 0 amide bonds. The topological polar surface area (TPSA) is 49.9 Å². The second-order valence-electron chi connectivity index (χ2n) is 12.5. The molecule has 2 aliphatic rings. The third kappa shape index (κ3) is 3.59. The summed E-state index contributed by atoms with van der Waals surface area (Å²) in [6, 6.07) is 49.3. The van der Waals surface area contributed by atoms with E-state index >= 15 is 0 Å². The monoisotopic (exact) mass is 631 g/mol. The van der Waals surface area contributed by atoms with Crippen molar-refractivity contribution in [2.45, 2.75) is 6.17 Å². The Balaban J connectivity index is 1.18. The van der Waals surface area contributed by atoms with Crippen molar-refractivity contribution in [3.8, 4) is 22.3 Å². The average molecular weight is 632 g/mol. The molecule has 7 aromatic carbocycles. The number of nitrogens with one attached hydrogen (secondary N) is 1. The zero-order valence-corrected chi connectivity index (χ0v) is 26.4. The highest BCUT2D eigenvalue weighted by molar-refractivity contribution is 7.25. The summed E-state index contributed by atoms with van der Waals surface area (Å²) in [6.07, 6.45) is -0.391. The summed E-state index contributed by atoms with van der Waals surface area (Å²) >= 11 is 1.81. The fourth-order valence-electron chi connectivity index (χ4n) is 7.87. The van der Waals surface area contributed by atoms with Gasteiger partial charge in [0, 0.05) is 47.6 Å². The number of thiophene rings is 1. The van der Waals surface area contributed by atoms with Gasteiger partial charge in [-0.05, 0) is 57.3 Å². The van der Waals surface area contributed by atoms with E-state index in [2.05, 4.69) is 139 Å². The second-order valence-corrected chi connectivity index (χ2v) is 13.6. The van der Waals surface area contributed by atoms with Crippen molar-refractivity contribution in [1.82, 2.24) is 5.32 Å².